The van der Waals surface area contributed by atoms with Gasteiger partial charge in [-0.3, -0.25) is 4.79 Å². The van der Waals surface area contributed by atoms with Crippen molar-refractivity contribution >= 4 is 5.91 Å². The normalized spacial score (nSPS) is 36.0. The second-order valence-electron chi connectivity index (χ2n) is 9.07. The number of amides is 1. The molecule has 0 radical (unpaired) electrons. The van der Waals surface area contributed by atoms with Crippen molar-refractivity contribution in [3.63, 3.8) is 0 Å². The molecule has 5 nitrogen and oxygen atoms in total. The van der Waals surface area contributed by atoms with Gasteiger partial charge in [-0.05, 0) is 69.1 Å². The van der Waals surface area contributed by atoms with Crippen LogP contribution in [-0.2, 0) is 6.42 Å². The molecule has 1 aromatic heterocycles. The van der Waals surface area contributed by atoms with E-state index in [1.165, 1.54) is 0 Å². The molecule has 1 amide bonds. The molecule has 4 bridgehead atoms. The first-order valence-corrected chi connectivity index (χ1v) is 9.69. The number of aryl methyl sites for hydroxylation is 1. The zero-order valence-corrected chi connectivity index (χ0v) is 15.5. The maximum atomic E-state index is 13.0. The molecule has 1 heterocycles. The third-order valence-corrected chi connectivity index (χ3v) is 6.37. The molecule has 4 saturated carbocycles. The molecule has 2 atom stereocenters. The van der Waals surface area contributed by atoms with Gasteiger partial charge in [0.25, 0.3) is 5.91 Å². The van der Waals surface area contributed by atoms with Crippen molar-refractivity contribution in [2.24, 2.45) is 23.7 Å². The molecule has 4 fully saturated rings. The van der Waals surface area contributed by atoms with Crippen LogP contribution >= 0.6 is 0 Å². The Bertz CT molecular complexity index is 672. The lowest BCUT2D eigenvalue weighted by Gasteiger charge is -2.58. The quantitative estimate of drug-likeness (QED) is 0.881. The average molecular weight is 343 g/mol. The van der Waals surface area contributed by atoms with Crippen LogP contribution in [0.5, 0.6) is 0 Å². The average Bonchev–Trinajstić information content (AvgIpc) is 2.48. The predicted molar refractivity (Wildman–Crippen MR) is 95.1 cm³/mol. The Morgan fingerprint density at radius 2 is 2.00 bits per heavy atom. The van der Waals surface area contributed by atoms with E-state index in [9.17, 15) is 9.90 Å². The minimum atomic E-state index is -0.465. The summed E-state index contributed by atoms with van der Waals surface area (Å²) in [7, 11) is 0. The Labute approximate surface area is 149 Å². The maximum Gasteiger partial charge on any atom is 0.254 e. The van der Waals surface area contributed by atoms with Crippen LogP contribution in [0.2, 0.25) is 0 Å². The maximum absolute atomic E-state index is 13.0. The van der Waals surface area contributed by atoms with Gasteiger partial charge in [-0.1, -0.05) is 13.8 Å². The second-order valence-corrected chi connectivity index (χ2v) is 9.07. The van der Waals surface area contributed by atoms with Gasteiger partial charge in [0.1, 0.15) is 5.82 Å². The van der Waals surface area contributed by atoms with Crippen molar-refractivity contribution in [2.75, 3.05) is 0 Å². The summed E-state index contributed by atoms with van der Waals surface area (Å²) in [6, 6.07) is 0.192. The van der Waals surface area contributed by atoms with Crippen molar-refractivity contribution in [2.45, 2.75) is 70.9 Å². The van der Waals surface area contributed by atoms with E-state index in [4.69, 9.17) is 0 Å². The standard InChI is InChI=1S/C20H29N3O2/c1-11(2)4-17-16(10-21-12(3)22-17)19(24)23-18-14-5-13-6-15(18)9-20(25,7-13)8-14/h10-11,13-15,18,25H,4-9H2,1-3H3,(H,23,24). The third kappa shape index (κ3) is 3.19. The van der Waals surface area contributed by atoms with Crippen molar-refractivity contribution < 1.29 is 9.90 Å². The molecule has 5 heteroatoms. The number of nitrogens with zero attached hydrogens (tertiary/aromatic N) is 2. The minimum Gasteiger partial charge on any atom is -0.390 e. The highest BCUT2D eigenvalue weighted by molar-refractivity contribution is 5.95. The van der Waals surface area contributed by atoms with Gasteiger partial charge in [0.2, 0.25) is 0 Å². The van der Waals surface area contributed by atoms with Gasteiger partial charge in [0.05, 0.1) is 16.9 Å². The number of carbonyl (C=O) groups is 1. The molecular weight excluding hydrogens is 314 g/mol. The molecule has 5 rings (SSSR count). The SMILES string of the molecule is Cc1ncc(C(=O)NC2C3CC4CC2CC(O)(C4)C3)c(CC(C)C)n1. The van der Waals surface area contributed by atoms with E-state index in [0.29, 0.717) is 35.1 Å². The Morgan fingerprint density at radius 3 is 2.60 bits per heavy atom. The van der Waals surface area contributed by atoms with E-state index in [1.807, 2.05) is 6.92 Å². The summed E-state index contributed by atoms with van der Waals surface area (Å²) in [5.74, 6) is 2.59. The van der Waals surface area contributed by atoms with Crippen molar-refractivity contribution in [3.8, 4) is 0 Å². The summed E-state index contributed by atoms with van der Waals surface area (Å²) in [5, 5.41) is 14.0. The predicted octanol–water partition coefficient (Wildman–Crippen LogP) is 2.65. The lowest BCUT2D eigenvalue weighted by molar-refractivity contribution is -0.136. The van der Waals surface area contributed by atoms with Gasteiger partial charge < -0.3 is 10.4 Å². The van der Waals surface area contributed by atoms with Crippen LogP contribution in [0.25, 0.3) is 0 Å². The number of rotatable bonds is 4. The molecule has 25 heavy (non-hydrogen) atoms. The molecule has 136 valence electrons. The van der Waals surface area contributed by atoms with Crippen molar-refractivity contribution in [1.82, 2.24) is 15.3 Å². The van der Waals surface area contributed by atoms with Crippen molar-refractivity contribution in [1.29, 1.82) is 0 Å². The van der Waals surface area contributed by atoms with E-state index in [2.05, 4.69) is 29.1 Å². The number of aliphatic hydroxyl groups is 1. The van der Waals surface area contributed by atoms with E-state index < -0.39 is 5.60 Å². The molecule has 0 aromatic carbocycles. The van der Waals surface area contributed by atoms with Crippen LogP contribution in [-0.4, -0.2) is 32.6 Å². The monoisotopic (exact) mass is 343 g/mol. The van der Waals surface area contributed by atoms with Crippen LogP contribution in [0.3, 0.4) is 0 Å². The number of nitrogens with one attached hydrogen (secondary N) is 1. The third-order valence-electron chi connectivity index (χ3n) is 6.37. The zero-order chi connectivity index (χ0) is 17.8. The topological polar surface area (TPSA) is 75.1 Å². The van der Waals surface area contributed by atoms with Gasteiger partial charge in [-0.15, -0.1) is 0 Å². The molecule has 4 aliphatic carbocycles. The minimum absolute atomic E-state index is 0.0416. The van der Waals surface area contributed by atoms with E-state index in [-0.39, 0.29) is 11.9 Å². The Kier molecular flexibility index (Phi) is 4.10. The summed E-state index contributed by atoms with van der Waals surface area (Å²) >= 11 is 0. The fourth-order valence-corrected chi connectivity index (χ4v) is 5.70. The summed E-state index contributed by atoms with van der Waals surface area (Å²) in [6.45, 7) is 6.14. The summed E-state index contributed by atoms with van der Waals surface area (Å²) in [6.07, 6.45) is 7.40. The molecule has 0 saturated heterocycles. The first-order valence-electron chi connectivity index (χ1n) is 9.69. The highest BCUT2D eigenvalue weighted by Gasteiger charge is 2.55. The van der Waals surface area contributed by atoms with E-state index >= 15 is 0 Å². The lowest BCUT2D eigenvalue weighted by Crippen LogP contribution is -2.61. The Balaban J connectivity index is 1.53. The molecule has 2 N–H and O–H groups in total. The van der Waals surface area contributed by atoms with Gasteiger partial charge >= 0.3 is 0 Å². The highest BCUT2D eigenvalue weighted by atomic mass is 16.3. The lowest BCUT2D eigenvalue weighted by atomic mass is 9.52. The number of carbonyl (C=O) groups excluding carboxylic acids is 1. The first-order chi connectivity index (χ1) is 11.8. The second kappa shape index (κ2) is 6.04. The van der Waals surface area contributed by atoms with Crippen LogP contribution in [0.1, 0.15) is 67.8 Å². The molecule has 0 aliphatic heterocycles. The zero-order valence-electron chi connectivity index (χ0n) is 15.5. The smallest absolute Gasteiger partial charge is 0.254 e. The largest absolute Gasteiger partial charge is 0.390 e. The number of hydrogen-bond acceptors (Lipinski definition) is 4. The molecule has 2 unspecified atom stereocenters. The first kappa shape index (κ1) is 17.0. The molecule has 0 spiro atoms. The van der Waals surface area contributed by atoms with Crippen molar-refractivity contribution in [3.05, 3.63) is 23.3 Å². The summed E-state index contributed by atoms with van der Waals surface area (Å²) < 4.78 is 0. The number of hydrogen-bond donors (Lipinski definition) is 2. The Hall–Kier alpha value is -1.49. The van der Waals surface area contributed by atoms with Crippen LogP contribution < -0.4 is 5.32 Å². The Morgan fingerprint density at radius 1 is 1.32 bits per heavy atom. The van der Waals surface area contributed by atoms with E-state index in [0.717, 1.165) is 44.2 Å². The molecule has 1 aromatic rings. The highest BCUT2D eigenvalue weighted by Crippen LogP contribution is 2.55. The van der Waals surface area contributed by atoms with Crippen LogP contribution in [0, 0.1) is 30.6 Å². The van der Waals surface area contributed by atoms with Gasteiger partial charge in [0, 0.05) is 12.2 Å². The molecule has 4 aliphatic rings. The fourth-order valence-electron chi connectivity index (χ4n) is 5.70. The van der Waals surface area contributed by atoms with Gasteiger partial charge in [0.15, 0.2) is 0 Å². The molecular formula is C20H29N3O2. The fraction of sp³-hybridized carbons (Fsp3) is 0.750. The van der Waals surface area contributed by atoms with Gasteiger partial charge in [-0.2, -0.15) is 0 Å². The summed E-state index contributed by atoms with van der Waals surface area (Å²) in [5.41, 5.74) is 1.00. The van der Waals surface area contributed by atoms with Gasteiger partial charge in [-0.25, -0.2) is 9.97 Å². The van der Waals surface area contributed by atoms with Crippen LogP contribution in [0.4, 0.5) is 0 Å². The summed E-state index contributed by atoms with van der Waals surface area (Å²) in [4.78, 5) is 21.7. The number of aromatic nitrogens is 2. The van der Waals surface area contributed by atoms with Crippen LogP contribution in [0.15, 0.2) is 6.20 Å². The van der Waals surface area contributed by atoms with E-state index in [1.54, 1.807) is 6.20 Å².